The summed E-state index contributed by atoms with van der Waals surface area (Å²) in [5, 5.41) is 1.43. The van der Waals surface area contributed by atoms with Crippen molar-refractivity contribution in [2.45, 2.75) is 24.1 Å². The number of hydrogen-bond acceptors (Lipinski definition) is 5. The van der Waals surface area contributed by atoms with Crippen LogP contribution in [0.2, 0.25) is 5.02 Å². The topological polar surface area (TPSA) is 89.5 Å². The van der Waals surface area contributed by atoms with Crippen LogP contribution in [-0.4, -0.2) is 45.4 Å². The molecule has 1 aromatic carbocycles. The third-order valence-electron chi connectivity index (χ3n) is 2.70. The molecule has 1 amide bonds. The van der Waals surface area contributed by atoms with E-state index < -0.39 is 40.5 Å². The monoisotopic (exact) mass is 387 g/mol. The molecule has 0 fully saturated rings. The van der Waals surface area contributed by atoms with Crippen molar-refractivity contribution < 1.29 is 35.9 Å². The van der Waals surface area contributed by atoms with Crippen LogP contribution in [0.15, 0.2) is 23.1 Å². The summed E-state index contributed by atoms with van der Waals surface area (Å²) in [5.74, 6) is -2.30. The lowest BCUT2D eigenvalue weighted by molar-refractivity contribution is -0.143. The fraction of sp³-hybridized carbons (Fsp3) is 0.385. The first-order valence-corrected chi connectivity index (χ1v) is 8.63. The smallest absolute Gasteiger partial charge is 0.405 e. The number of esters is 1. The number of carbonyl (C=O) groups excluding carboxylic acids is 2. The lowest BCUT2D eigenvalue weighted by Crippen LogP contribution is -2.40. The number of halogens is 4. The molecule has 11 heteroatoms. The Bertz CT molecular complexity index is 748. The number of amides is 1. The molecule has 0 heterocycles. The summed E-state index contributed by atoms with van der Waals surface area (Å²) >= 11 is 5.78. The summed E-state index contributed by atoms with van der Waals surface area (Å²) in [6.45, 7) is -0.504. The van der Waals surface area contributed by atoms with Gasteiger partial charge in [0, 0.05) is 6.26 Å². The highest BCUT2D eigenvalue weighted by Crippen LogP contribution is 2.22. The Balaban J connectivity index is 2.86. The Morgan fingerprint density at radius 3 is 2.42 bits per heavy atom. The number of alkyl halides is 3. The molecule has 1 N–H and O–H groups in total. The Labute approximate surface area is 140 Å². The number of ether oxygens (including phenoxy) is 1. The average molecular weight is 388 g/mol. The van der Waals surface area contributed by atoms with Crippen molar-refractivity contribution in [1.29, 1.82) is 0 Å². The average Bonchev–Trinajstić information content (AvgIpc) is 2.42. The van der Waals surface area contributed by atoms with E-state index in [1.165, 1.54) is 6.07 Å². The molecule has 0 bridgehead atoms. The zero-order chi connectivity index (χ0) is 18.7. The van der Waals surface area contributed by atoms with Crippen molar-refractivity contribution in [2.75, 3.05) is 12.8 Å². The van der Waals surface area contributed by atoms with Gasteiger partial charge in [0.1, 0.15) is 6.54 Å². The van der Waals surface area contributed by atoms with Crippen molar-refractivity contribution >= 4 is 33.3 Å². The molecule has 0 saturated heterocycles. The number of rotatable bonds is 5. The van der Waals surface area contributed by atoms with Gasteiger partial charge in [0.05, 0.1) is 15.5 Å². The van der Waals surface area contributed by atoms with E-state index in [1.54, 1.807) is 5.32 Å². The first kappa shape index (κ1) is 20.2. The van der Waals surface area contributed by atoms with Crippen molar-refractivity contribution in [2.24, 2.45) is 0 Å². The van der Waals surface area contributed by atoms with Gasteiger partial charge in [-0.1, -0.05) is 11.6 Å². The van der Waals surface area contributed by atoms with Gasteiger partial charge in [0.15, 0.2) is 15.9 Å². The lowest BCUT2D eigenvalue weighted by atomic mass is 10.2. The molecule has 1 atom stereocenters. The van der Waals surface area contributed by atoms with Gasteiger partial charge < -0.3 is 10.1 Å². The Hall–Kier alpha value is -1.81. The Morgan fingerprint density at radius 1 is 1.33 bits per heavy atom. The maximum atomic E-state index is 12.0. The van der Waals surface area contributed by atoms with E-state index in [1.807, 2.05) is 0 Å². The van der Waals surface area contributed by atoms with Gasteiger partial charge in [-0.3, -0.25) is 4.79 Å². The molecule has 1 aromatic rings. The van der Waals surface area contributed by atoms with Gasteiger partial charge in [-0.2, -0.15) is 13.2 Å². The molecule has 0 aliphatic rings. The summed E-state index contributed by atoms with van der Waals surface area (Å²) in [4.78, 5) is 23.2. The highest BCUT2D eigenvalue weighted by Gasteiger charge is 2.30. The fourth-order valence-electron chi connectivity index (χ4n) is 1.50. The third kappa shape index (κ3) is 6.00. The quantitative estimate of drug-likeness (QED) is 0.780. The molecule has 0 unspecified atom stereocenters. The zero-order valence-electron chi connectivity index (χ0n) is 12.5. The molecular weight excluding hydrogens is 375 g/mol. The molecule has 0 saturated carbocycles. The predicted octanol–water partition coefficient (Wildman–Crippen LogP) is 1.97. The highest BCUT2D eigenvalue weighted by atomic mass is 35.5. The summed E-state index contributed by atoms with van der Waals surface area (Å²) < 4.78 is 63.7. The molecule has 0 radical (unpaired) electrons. The van der Waals surface area contributed by atoms with Crippen LogP contribution in [0.1, 0.15) is 17.3 Å². The normalized spacial score (nSPS) is 13.2. The minimum atomic E-state index is -4.60. The largest absolute Gasteiger partial charge is 0.449 e. The van der Waals surface area contributed by atoms with E-state index in [0.717, 1.165) is 25.3 Å². The number of carbonyl (C=O) groups is 2. The minimum absolute atomic E-state index is 0.129. The van der Waals surface area contributed by atoms with Crippen molar-refractivity contribution in [3.05, 3.63) is 28.8 Å². The van der Waals surface area contributed by atoms with Crippen molar-refractivity contribution in [3.63, 3.8) is 0 Å². The van der Waals surface area contributed by atoms with Gasteiger partial charge in [-0.15, -0.1) is 0 Å². The number of nitrogens with one attached hydrogen (secondary N) is 1. The van der Waals surface area contributed by atoms with Crippen molar-refractivity contribution in [1.82, 2.24) is 5.32 Å². The summed E-state index contributed by atoms with van der Waals surface area (Å²) in [6.07, 6.45) is -5.22. The Morgan fingerprint density at radius 2 is 1.92 bits per heavy atom. The molecule has 134 valence electrons. The van der Waals surface area contributed by atoms with E-state index in [4.69, 9.17) is 16.3 Å². The molecule has 0 aliphatic heterocycles. The van der Waals surface area contributed by atoms with Crippen LogP contribution in [-0.2, 0) is 19.4 Å². The van der Waals surface area contributed by atoms with Crippen LogP contribution in [0, 0.1) is 0 Å². The van der Waals surface area contributed by atoms with Gasteiger partial charge in [0.2, 0.25) is 0 Å². The molecular formula is C13H13ClF3NO5S. The van der Waals surface area contributed by atoms with Gasteiger partial charge in [-0.05, 0) is 25.1 Å². The Kier molecular flexibility index (Phi) is 6.23. The molecule has 24 heavy (non-hydrogen) atoms. The number of sulfone groups is 1. The maximum absolute atomic E-state index is 12.0. The van der Waals surface area contributed by atoms with E-state index in [0.29, 0.717) is 0 Å². The van der Waals surface area contributed by atoms with Crippen LogP contribution in [0.3, 0.4) is 0 Å². The first-order valence-electron chi connectivity index (χ1n) is 6.36. The maximum Gasteiger partial charge on any atom is 0.405 e. The van der Waals surface area contributed by atoms with E-state index >= 15 is 0 Å². The second kappa shape index (κ2) is 7.39. The minimum Gasteiger partial charge on any atom is -0.449 e. The zero-order valence-corrected chi connectivity index (χ0v) is 14.1. The predicted molar refractivity (Wildman–Crippen MR) is 78.5 cm³/mol. The van der Waals surface area contributed by atoms with Crippen LogP contribution in [0.5, 0.6) is 0 Å². The standard InChI is InChI=1S/C13H13ClF3NO5S/c1-7(11(19)18-6-13(15,16)17)23-12(20)9-5-8(24(2,21)22)3-4-10(9)14/h3-5,7H,6H2,1-2H3,(H,18,19)/t7-/m1/s1. The van der Waals surface area contributed by atoms with Crippen LogP contribution >= 0.6 is 11.6 Å². The van der Waals surface area contributed by atoms with E-state index in [2.05, 4.69) is 0 Å². The van der Waals surface area contributed by atoms with Crippen LogP contribution in [0.4, 0.5) is 13.2 Å². The molecule has 0 aliphatic carbocycles. The fourth-order valence-corrected chi connectivity index (χ4v) is 2.34. The molecule has 0 aromatic heterocycles. The molecule has 0 spiro atoms. The molecule has 6 nitrogen and oxygen atoms in total. The first-order chi connectivity index (χ1) is 10.8. The summed E-state index contributed by atoms with van der Waals surface area (Å²) in [5.41, 5.74) is -0.324. The van der Waals surface area contributed by atoms with Crippen molar-refractivity contribution in [3.8, 4) is 0 Å². The summed E-state index contributed by atoms with van der Waals surface area (Å²) in [7, 11) is -3.62. The molecule has 1 rings (SSSR count). The van der Waals surface area contributed by atoms with Gasteiger partial charge in [-0.25, -0.2) is 13.2 Å². The SMILES string of the molecule is C[C@@H](OC(=O)c1cc(S(C)(=O)=O)ccc1Cl)C(=O)NCC(F)(F)F. The summed E-state index contributed by atoms with van der Waals surface area (Å²) in [6, 6.07) is 3.29. The van der Waals surface area contributed by atoms with Gasteiger partial charge >= 0.3 is 12.1 Å². The number of benzene rings is 1. The highest BCUT2D eigenvalue weighted by molar-refractivity contribution is 7.90. The van der Waals surface area contributed by atoms with Crippen LogP contribution < -0.4 is 5.32 Å². The lowest BCUT2D eigenvalue weighted by Gasteiger charge is -2.15. The van der Waals surface area contributed by atoms with Crippen LogP contribution in [0.25, 0.3) is 0 Å². The second-order valence-electron chi connectivity index (χ2n) is 4.79. The van der Waals surface area contributed by atoms with E-state index in [9.17, 15) is 31.2 Å². The van der Waals surface area contributed by atoms with Gasteiger partial charge in [0.25, 0.3) is 5.91 Å². The third-order valence-corrected chi connectivity index (χ3v) is 4.14. The van der Waals surface area contributed by atoms with E-state index in [-0.39, 0.29) is 15.5 Å². The second-order valence-corrected chi connectivity index (χ2v) is 7.22. The number of hydrogen-bond donors (Lipinski definition) is 1.